The van der Waals surface area contributed by atoms with Crippen molar-refractivity contribution in [3.8, 4) is 0 Å². The number of likely N-dealkylation sites (N-methyl/N-ethyl adjacent to an activating group) is 1. The van der Waals surface area contributed by atoms with E-state index in [1.165, 1.54) is 6.07 Å². The van der Waals surface area contributed by atoms with Gasteiger partial charge in [-0.25, -0.2) is 0 Å². The van der Waals surface area contributed by atoms with Gasteiger partial charge in [-0.2, -0.15) is 0 Å². The summed E-state index contributed by atoms with van der Waals surface area (Å²) in [5.74, 6) is 0. The summed E-state index contributed by atoms with van der Waals surface area (Å²) in [7, 11) is 3.30. The van der Waals surface area contributed by atoms with Crippen molar-refractivity contribution in [2.24, 2.45) is 0 Å². The Morgan fingerprint density at radius 1 is 1.53 bits per heavy atom. The van der Waals surface area contributed by atoms with E-state index in [9.17, 15) is 15.2 Å². The zero-order valence-corrected chi connectivity index (χ0v) is 11.6. The van der Waals surface area contributed by atoms with Gasteiger partial charge in [-0.1, -0.05) is 0 Å². The maximum atomic E-state index is 10.9. The summed E-state index contributed by atoms with van der Waals surface area (Å²) < 4.78 is 0. The standard InChI is InChI=1S/C11H17N3O4.ClH/c1-12-10-4-3-8(5-11(10)14(17)18)13(2)6-9(16)7-15;/h3-5,9,12,15-16H,6-7H2,1-2H3;1H. The van der Waals surface area contributed by atoms with Crippen molar-refractivity contribution in [2.75, 3.05) is 37.5 Å². The molecule has 0 aliphatic rings. The van der Waals surface area contributed by atoms with Gasteiger partial charge in [-0.15, -0.1) is 12.4 Å². The van der Waals surface area contributed by atoms with Gasteiger partial charge in [-0.3, -0.25) is 10.1 Å². The average Bonchev–Trinajstić information content (AvgIpc) is 2.37. The molecule has 0 heterocycles. The summed E-state index contributed by atoms with van der Waals surface area (Å²) in [5, 5.41) is 31.7. The molecule has 0 aliphatic carbocycles. The predicted octanol–water partition coefficient (Wildman–Crippen LogP) is 0.848. The van der Waals surface area contributed by atoms with Gasteiger partial charge < -0.3 is 20.4 Å². The van der Waals surface area contributed by atoms with Gasteiger partial charge in [0.05, 0.1) is 17.6 Å². The zero-order chi connectivity index (χ0) is 13.7. The first-order valence-corrected chi connectivity index (χ1v) is 5.45. The largest absolute Gasteiger partial charge is 0.394 e. The van der Waals surface area contributed by atoms with Crippen molar-refractivity contribution in [1.29, 1.82) is 0 Å². The number of nitro benzene ring substituents is 1. The molecule has 7 nitrogen and oxygen atoms in total. The number of rotatable bonds is 6. The molecule has 8 heteroatoms. The van der Waals surface area contributed by atoms with Crippen LogP contribution in [0.5, 0.6) is 0 Å². The van der Waals surface area contributed by atoms with E-state index in [4.69, 9.17) is 5.11 Å². The molecule has 0 saturated carbocycles. The third-order valence-corrected chi connectivity index (χ3v) is 2.58. The molecule has 0 amide bonds. The van der Waals surface area contributed by atoms with E-state index >= 15 is 0 Å². The van der Waals surface area contributed by atoms with Crippen molar-refractivity contribution < 1.29 is 15.1 Å². The highest BCUT2D eigenvalue weighted by Crippen LogP contribution is 2.28. The molecule has 3 N–H and O–H groups in total. The van der Waals surface area contributed by atoms with Gasteiger partial charge in [-0.05, 0) is 12.1 Å². The van der Waals surface area contributed by atoms with Crippen molar-refractivity contribution in [3.63, 3.8) is 0 Å². The van der Waals surface area contributed by atoms with Crippen LogP contribution in [-0.2, 0) is 0 Å². The van der Waals surface area contributed by atoms with Crippen LogP contribution in [0.3, 0.4) is 0 Å². The third-order valence-electron chi connectivity index (χ3n) is 2.58. The van der Waals surface area contributed by atoms with E-state index in [-0.39, 0.29) is 31.2 Å². The number of hydrogen-bond acceptors (Lipinski definition) is 6. The Labute approximate surface area is 117 Å². The second-order valence-electron chi connectivity index (χ2n) is 3.93. The number of nitrogens with zero attached hydrogens (tertiary/aromatic N) is 2. The molecule has 1 atom stereocenters. The number of benzene rings is 1. The van der Waals surface area contributed by atoms with Crippen LogP contribution in [0, 0.1) is 10.1 Å². The highest BCUT2D eigenvalue weighted by molar-refractivity contribution is 5.85. The molecule has 0 radical (unpaired) electrons. The lowest BCUT2D eigenvalue weighted by molar-refractivity contribution is -0.383. The van der Waals surface area contributed by atoms with E-state index in [0.717, 1.165) is 0 Å². The topological polar surface area (TPSA) is 98.9 Å². The average molecular weight is 292 g/mol. The number of aliphatic hydroxyl groups excluding tert-OH is 2. The fraction of sp³-hybridized carbons (Fsp3) is 0.455. The molecule has 0 aromatic heterocycles. The Balaban J connectivity index is 0.00000324. The van der Waals surface area contributed by atoms with E-state index in [2.05, 4.69) is 5.32 Å². The molecule has 0 fully saturated rings. The van der Waals surface area contributed by atoms with Gasteiger partial charge in [0.1, 0.15) is 5.69 Å². The van der Waals surface area contributed by atoms with Crippen LogP contribution < -0.4 is 10.2 Å². The van der Waals surface area contributed by atoms with Crippen molar-refractivity contribution in [1.82, 2.24) is 0 Å². The third kappa shape index (κ3) is 4.55. The van der Waals surface area contributed by atoms with E-state index in [1.807, 2.05) is 0 Å². The minimum atomic E-state index is -0.877. The SMILES string of the molecule is CNc1ccc(N(C)CC(O)CO)cc1[N+](=O)[O-].Cl. The quantitative estimate of drug-likeness (QED) is 0.531. The Morgan fingerprint density at radius 3 is 2.63 bits per heavy atom. The van der Waals surface area contributed by atoms with Gasteiger partial charge in [0, 0.05) is 32.4 Å². The fourth-order valence-electron chi connectivity index (χ4n) is 1.60. The Kier molecular flexibility index (Phi) is 7.13. The van der Waals surface area contributed by atoms with Crippen LogP contribution in [0.25, 0.3) is 0 Å². The monoisotopic (exact) mass is 291 g/mol. The van der Waals surface area contributed by atoms with Crippen LogP contribution in [0.1, 0.15) is 0 Å². The fourth-order valence-corrected chi connectivity index (χ4v) is 1.60. The molecule has 1 rings (SSSR count). The number of nitrogens with one attached hydrogen (secondary N) is 1. The highest BCUT2D eigenvalue weighted by atomic mass is 35.5. The second-order valence-corrected chi connectivity index (χ2v) is 3.93. The van der Waals surface area contributed by atoms with Crippen LogP contribution in [0.2, 0.25) is 0 Å². The van der Waals surface area contributed by atoms with Gasteiger partial charge in [0.15, 0.2) is 0 Å². The predicted molar refractivity (Wildman–Crippen MR) is 76.3 cm³/mol. The molecule has 108 valence electrons. The lowest BCUT2D eigenvalue weighted by Crippen LogP contribution is -2.31. The van der Waals surface area contributed by atoms with E-state index in [0.29, 0.717) is 11.4 Å². The van der Waals surface area contributed by atoms with E-state index < -0.39 is 11.0 Å². The van der Waals surface area contributed by atoms with Gasteiger partial charge in [0.25, 0.3) is 5.69 Å². The molecular weight excluding hydrogens is 274 g/mol. The maximum Gasteiger partial charge on any atom is 0.294 e. The first-order valence-electron chi connectivity index (χ1n) is 5.45. The summed E-state index contributed by atoms with van der Waals surface area (Å²) >= 11 is 0. The first-order chi connectivity index (χ1) is 8.49. The Bertz CT molecular complexity index is 430. The van der Waals surface area contributed by atoms with E-state index in [1.54, 1.807) is 31.1 Å². The summed E-state index contributed by atoms with van der Waals surface area (Å²) in [4.78, 5) is 12.1. The Hall–Kier alpha value is -1.57. The number of aliphatic hydroxyl groups is 2. The van der Waals surface area contributed by atoms with Gasteiger partial charge >= 0.3 is 0 Å². The van der Waals surface area contributed by atoms with Crippen LogP contribution in [0.15, 0.2) is 18.2 Å². The molecular formula is C11H18ClN3O4. The summed E-state index contributed by atoms with van der Waals surface area (Å²) in [6.45, 7) is -0.145. The van der Waals surface area contributed by atoms with Gasteiger partial charge in [0.2, 0.25) is 0 Å². The van der Waals surface area contributed by atoms with Crippen molar-refractivity contribution in [3.05, 3.63) is 28.3 Å². The maximum absolute atomic E-state index is 10.9. The van der Waals surface area contributed by atoms with Crippen molar-refractivity contribution >= 4 is 29.5 Å². The zero-order valence-electron chi connectivity index (χ0n) is 10.7. The molecule has 1 aromatic rings. The molecule has 0 saturated heterocycles. The molecule has 0 aliphatic heterocycles. The minimum Gasteiger partial charge on any atom is -0.394 e. The first kappa shape index (κ1) is 17.4. The summed E-state index contributed by atoms with van der Waals surface area (Å²) in [6.07, 6.45) is -0.877. The molecule has 1 aromatic carbocycles. The molecule has 1 unspecified atom stereocenters. The summed E-state index contributed by atoms with van der Waals surface area (Å²) in [5.41, 5.74) is 1.01. The number of nitro groups is 1. The van der Waals surface area contributed by atoms with Crippen LogP contribution in [-0.4, -0.2) is 48.5 Å². The molecule has 19 heavy (non-hydrogen) atoms. The van der Waals surface area contributed by atoms with Crippen LogP contribution in [0.4, 0.5) is 17.1 Å². The Morgan fingerprint density at radius 2 is 2.16 bits per heavy atom. The van der Waals surface area contributed by atoms with Crippen molar-refractivity contribution in [2.45, 2.75) is 6.10 Å². The lowest BCUT2D eigenvalue weighted by Gasteiger charge is -2.21. The number of hydrogen-bond donors (Lipinski definition) is 3. The minimum absolute atomic E-state index is 0. The number of halogens is 1. The molecule has 0 spiro atoms. The highest BCUT2D eigenvalue weighted by Gasteiger charge is 2.16. The summed E-state index contributed by atoms with van der Waals surface area (Å²) in [6, 6.07) is 4.74. The lowest BCUT2D eigenvalue weighted by atomic mass is 10.2. The smallest absolute Gasteiger partial charge is 0.294 e. The normalized spacial score (nSPS) is 11.4. The molecule has 0 bridgehead atoms. The second kappa shape index (κ2) is 7.78. The number of anilines is 2. The van der Waals surface area contributed by atoms with Crippen LogP contribution >= 0.6 is 12.4 Å².